The number of hydrogen-bond donors (Lipinski definition) is 1. The molecule has 2 aromatic rings. The molecule has 0 amide bonds. The zero-order valence-corrected chi connectivity index (χ0v) is 7.61. The first-order valence-electron chi connectivity index (χ1n) is 4.28. The van der Waals surface area contributed by atoms with Gasteiger partial charge in [0.2, 0.25) is 5.82 Å². The Balaban J connectivity index is 2.60. The third-order valence-electron chi connectivity index (χ3n) is 2.00. The van der Waals surface area contributed by atoms with Crippen LogP contribution in [0.1, 0.15) is 0 Å². The molecule has 2 nitrogen and oxygen atoms in total. The molecule has 0 radical (unpaired) electrons. The van der Waals surface area contributed by atoms with Crippen molar-refractivity contribution in [3.05, 3.63) is 48.2 Å². The summed E-state index contributed by atoms with van der Waals surface area (Å²) in [6.45, 7) is 0. The van der Waals surface area contributed by atoms with E-state index in [0.29, 0.717) is 5.69 Å². The lowest BCUT2D eigenvalue weighted by atomic mass is 10.1. The summed E-state index contributed by atoms with van der Waals surface area (Å²) in [5.41, 5.74) is 0.361. The highest BCUT2D eigenvalue weighted by atomic mass is 19.2. The molecule has 0 aliphatic rings. The summed E-state index contributed by atoms with van der Waals surface area (Å²) in [6, 6.07) is 7.30. The van der Waals surface area contributed by atoms with E-state index in [2.05, 4.69) is 4.98 Å². The Labute approximate surface area is 84.8 Å². The van der Waals surface area contributed by atoms with Gasteiger partial charge in [-0.15, -0.1) is 0 Å². The van der Waals surface area contributed by atoms with Crippen LogP contribution in [-0.4, -0.2) is 10.1 Å². The van der Waals surface area contributed by atoms with Crippen molar-refractivity contribution in [3.8, 4) is 17.0 Å². The summed E-state index contributed by atoms with van der Waals surface area (Å²) in [7, 11) is 0. The van der Waals surface area contributed by atoms with Crippen molar-refractivity contribution < 1.29 is 13.9 Å². The molecular formula is C11H7F2NO. The molecule has 0 atom stereocenters. The van der Waals surface area contributed by atoms with Gasteiger partial charge in [-0.05, 0) is 24.3 Å². The molecule has 1 heterocycles. The first-order chi connectivity index (χ1) is 7.20. The number of halogens is 2. The van der Waals surface area contributed by atoms with Gasteiger partial charge in [0, 0.05) is 11.8 Å². The molecule has 1 aromatic carbocycles. The monoisotopic (exact) mass is 207 g/mol. The van der Waals surface area contributed by atoms with Crippen molar-refractivity contribution in [2.45, 2.75) is 0 Å². The minimum atomic E-state index is -1.25. The SMILES string of the molecule is Oc1ccc(-c2ccccn2)c(F)c1F. The lowest BCUT2D eigenvalue weighted by molar-refractivity contribution is 0.408. The minimum absolute atomic E-state index is 0.0332. The molecule has 2 rings (SSSR count). The van der Waals surface area contributed by atoms with Crippen LogP contribution in [0.4, 0.5) is 8.78 Å². The quantitative estimate of drug-likeness (QED) is 0.779. The van der Waals surface area contributed by atoms with E-state index in [0.717, 1.165) is 6.07 Å². The standard InChI is InChI=1S/C11H7F2NO/c12-10-7(4-5-9(15)11(10)13)8-3-1-2-6-14-8/h1-6,15H. The van der Waals surface area contributed by atoms with Crippen LogP contribution in [0.2, 0.25) is 0 Å². The molecule has 0 saturated heterocycles. The summed E-state index contributed by atoms with van der Waals surface area (Å²) >= 11 is 0. The molecular weight excluding hydrogens is 200 g/mol. The van der Waals surface area contributed by atoms with Gasteiger partial charge < -0.3 is 5.11 Å². The second kappa shape index (κ2) is 3.65. The van der Waals surface area contributed by atoms with E-state index < -0.39 is 17.4 Å². The molecule has 4 heteroatoms. The molecule has 0 aliphatic heterocycles. The summed E-state index contributed by atoms with van der Waals surface area (Å²) < 4.78 is 26.4. The highest BCUT2D eigenvalue weighted by molar-refractivity contribution is 5.61. The number of hydrogen-bond acceptors (Lipinski definition) is 2. The Kier molecular flexibility index (Phi) is 2.33. The van der Waals surface area contributed by atoms with E-state index >= 15 is 0 Å². The van der Waals surface area contributed by atoms with Crippen LogP contribution in [-0.2, 0) is 0 Å². The van der Waals surface area contributed by atoms with Crippen LogP contribution in [0, 0.1) is 11.6 Å². The first kappa shape index (κ1) is 9.58. The highest BCUT2D eigenvalue weighted by Crippen LogP contribution is 2.27. The largest absolute Gasteiger partial charge is 0.505 e. The van der Waals surface area contributed by atoms with E-state index in [1.54, 1.807) is 18.2 Å². The second-order valence-corrected chi connectivity index (χ2v) is 2.98. The van der Waals surface area contributed by atoms with Crippen LogP contribution >= 0.6 is 0 Å². The predicted molar refractivity (Wildman–Crippen MR) is 51.3 cm³/mol. The molecule has 0 saturated carbocycles. The Bertz CT molecular complexity index is 485. The van der Waals surface area contributed by atoms with Gasteiger partial charge in [-0.25, -0.2) is 4.39 Å². The van der Waals surface area contributed by atoms with Crippen LogP contribution in [0.25, 0.3) is 11.3 Å². The number of nitrogens with zero attached hydrogens (tertiary/aromatic N) is 1. The summed E-state index contributed by atoms with van der Waals surface area (Å²) in [4.78, 5) is 3.89. The zero-order valence-electron chi connectivity index (χ0n) is 7.61. The Hall–Kier alpha value is -1.97. The Morgan fingerprint density at radius 3 is 2.47 bits per heavy atom. The van der Waals surface area contributed by atoms with Crippen LogP contribution in [0.5, 0.6) is 5.75 Å². The maximum atomic E-state index is 13.4. The molecule has 76 valence electrons. The second-order valence-electron chi connectivity index (χ2n) is 2.98. The molecule has 0 bridgehead atoms. The maximum Gasteiger partial charge on any atom is 0.201 e. The summed E-state index contributed by atoms with van der Waals surface area (Å²) in [6.07, 6.45) is 1.49. The predicted octanol–water partition coefficient (Wildman–Crippen LogP) is 2.73. The molecule has 0 unspecified atom stereocenters. The van der Waals surface area contributed by atoms with Gasteiger partial charge in [-0.3, -0.25) is 4.98 Å². The van der Waals surface area contributed by atoms with E-state index in [4.69, 9.17) is 5.11 Å². The maximum absolute atomic E-state index is 13.4. The number of phenolic OH excluding ortho intramolecular Hbond substituents is 1. The van der Waals surface area contributed by atoms with Gasteiger partial charge in [-0.1, -0.05) is 6.07 Å². The van der Waals surface area contributed by atoms with Crippen LogP contribution in [0.3, 0.4) is 0 Å². The van der Waals surface area contributed by atoms with Crippen molar-refractivity contribution in [1.29, 1.82) is 0 Å². The van der Waals surface area contributed by atoms with Gasteiger partial charge in [0.1, 0.15) is 0 Å². The molecule has 1 aromatic heterocycles. The van der Waals surface area contributed by atoms with Gasteiger partial charge >= 0.3 is 0 Å². The third-order valence-corrected chi connectivity index (χ3v) is 2.00. The average molecular weight is 207 g/mol. The zero-order chi connectivity index (χ0) is 10.8. The van der Waals surface area contributed by atoms with Gasteiger partial charge in [0.05, 0.1) is 5.69 Å². The van der Waals surface area contributed by atoms with E-state index in [9.17, 15) is 8.78 Å². The fourth-order valence-electron chi connectivity index (χ4n) is 1.26. The lowest BCUT2D eigenvalue weighted by Crippen LogP contribution is -1.91. The van der Waals surface area contributed by atoms with Crippen molar-refractivity contribution in [2.24, 2.45) is 0 Å². The smallest absolute Gasteiger partial charge is 0.201 e. The van der Waals surface area contributed by atoms with Crippen molar-refractivity contribution in [3.63, 3.8) is 0 Å². The van der Waals surface area contributed by atoms with E-state index in [1.165, 1.54) is 12.3 Å². The van der Waals surface area contributed by atoms with Crippen molar-refractivity contribution in [1.82, 2.24) is 4.98 Å². The Morgan fingerprint density at radius 1 is 1.00 bits per heavy atom. The normalized spacial score (nSPS) is 10.3. The van der Waals surface area contributed by atoms with E-state index in [-0.39, 0.29) is 5.56 Å². The lowest BCUT2D eigenvalue weighted by Gasteiger charge is -2.03. The van der Waals surface area contributed by atoms with Gasteiger partial charge in [0.25, 0.3) is 0 Å². The van der Waals surface area contributed by atoms with Crippen LogP contribution < -0.4 is 0 Å². The van der Waals surface area contributed by atoms with Gasteiger partial charge in [0.15, 0.2) is 11.6 Å². The number of pyridine rings is 1. The number of phenols is 1. The fraction of sp³-hybridized carbons (Fsp3) is 0. The van der Waals surface area contributed by atoms with Gasteiger partial charge in [-0.2, -0.15) is 4.39 Å². The number of aromatic hydroxyl groups is 1. The van der Waals surface area contributed by atoms with Crippen molar-refractivity contribution in [2.75, 3.05) is 0 Å². The number of rotatable bonds is 1. The molecule has 0 fully saturated rings. The average Bonchev–Trinajstić information content (AvgIpc) is 2.27. The first-order valence-corrected chi connectivity index (χ1v) is 4.28. The number of aromatic nitrogens is 1. The number of benzene rings is 1. The molecule has 0 spiro atoms. The minimum Gasteiger partial charge on any atom is -0.505 e. The third kappa shape index (κ3) is 1.66. The molecule has 0 aliphatic carbocycles. The summed E-state index contributed by atoms with van der Waals surface area (Å²) in [5, 5.41) is 8.94. The highest BCUT2D eigenvalue weighted by Gasteiger charge is 2.14. The Morgan fingerprint density at radius 2 is 1.80 bits per heavy atom. The van der Waals surface area contributed by atoms with E-state index in [1.807, 2.05) is 0 Å². The molecule has 15 heavy (non-hydrogen) atoms. The summed E-state index contributed by atoms with van der Waals surface area (Å²) in [5.74, 6) is -3.04. The van der Waals surface area contributed by atoms with Crippen LogP contribution in [0.15, 0.2) is 36.5 Å². The van der Waals surface area contributed by atoms with Crippen molar-refractivity contribution >= 4 is 0 Å². The topological polar surface area (TPSA) is 33.1 Å². The molecule has 1 N–H and O–H groups in total. The fourth-order valence-corrected chi connectivity index (χ4v) is 1.26.